The molecule has 2 saturated heterocycles. The zero-order valence-electron chi connectivity index (χ0n) is 13.5. The van der Waals surface area contributed by atoms with Crippen LogP contribution in [0.4, 0.5) is 4.39 Å². The zero-order valence-corrected chi connectivity index (χ0v) is 13.5. The van der Waals surface area contributed by atoms with Gasteiger partial charge in [0.1, 0.15) is 5.82 Å². The number of piperidine rings is 1. The Kier molecular flexibility index (Phi) is 5.11. The number of aliphatic hydroxyl groups is 1. The van der Waals surface area contributed by atoms with Crippen molar-refractivity contribution in [2.24, 2.45) is 0 Å². The molecule has 2 fully saturated rings. The average Bonchev–Trinajstić information content (AvgIpc) is 3.02. The topological polar surface area (TPSA) is 26.7 Å². The van der Waals surface area contributed by atoms with Crippen LogP contribution in [0, 0.1) is 12.7 Å². The van der Waals surface area contributed by atoms with Gasteiger partial charge in [0.15, 0.2) is 0 Å². The monoisotopic (exact) mass is 306 g/mol. The van der Waals surface area contributed by atoms with Crippen molar-refractivity contribution in [1.82, 2.24) is 9.80 Å². The number of β-amino-alcohol motifs (C(OH)–C–C–N with tert-alkyl or cyclic N) is 1. The van der Waals surface area contributed by atoms with Crippen LogP contribution < -0.4 is 0 Å². The van der Waals surface area contributed by atoms with Crippen molar-refractivity contribution < 1.29 is 9.50 Å². The van der Waals surface area contributed by atoms with Crippen LogP contribution in [0.5, 0.6) is 0 Å². The van der Waals surface area contributed by atoms with Crippen LogP contribution in [0.25, 0.3) is 0 Å². The van der Waals surface area contributed by atoms with Crippen LogP contribution in [0.2, 0.25) is 0 Å². The van der Waals surface area contributed by atoms with Crippen molar-refractivity contribution in [2.45, 2.75) is 44.8 Å². The van der Waals surface area contributed by atoms with Crippen molar-refractivity contribution >= 4 is 0 Å². The standard InChI is InChI=1S/C18H27FN2O/c1-14-12-15(19)4-5-17(14)18(22)13-20-10-6-16(7-11-20)21-8-2-3-9-21/h4-5,12,16,18,22H,2-3,6-11,13H2,1H3. The summed E-state index contributed by atoms with van der Waals surface area (Å²) in [6.45, 7) is 7.15. The molecule has 0 amide bonds. The van der Waals surface area contributed by atoms with Crippen LogP contribution in [-0.2, 0) is 0 Å². The molecule has 2 aliphatic rings. The first-order chi connectivity index (χ1) is 10.6. The highest BCUT2D eigenvalue weighted by Gasteiger charge is 2.27. The summed E-state index contributed by atoms with van der Waals surface area (Å²) in [6, 6.07) is 5.39. The minimum Gasteiger partial charge on any atom is -0.387 e. The smallest absolute Gasteiger partial charge is 0.123 e. The van der Waals surface area contributed by atoms with E-state index in [4.69, 9.17) is 0 Å². The number of halogens is 1. The van der Waals surface area contributed by atoms with E-state index >= 15 is 0 Å². The van der Waals surface area contributed by atoms with Crippen molar-refractivity contribution in [3.05, 3.63) is 35.1 Å². The fourth-order valence-electron chi connectivity index (χ4n) is 3.93. The predicted molar refractivity (Wildman–Crippen MR) is 86.4 cm³/mol. The third-order valence-electron chi connectivity index (χ3n) is 5.24. The van der Waals surface area contributed by atoms with Gasteiger partial charge in [0, 0.05) is 12.6 Å². The highest BCUT2D eigenvalue weighted by atomic mass is 19.1. The molecule has 0 spiro atoms. The van der Waals surface area contributed by atoms with E-state index in [0.29, 0.717) is 6.54 Å². The molecule has 0 saturated carbocycles. The molecule has 0 aromatic heterocycles. The number of rotatable bonds is 4. The summed E-state index contributed by atoms with van der Waals surface area (Å²) in [5, 5.41) is 10.4. The highest BCUT2D eigenvalue weighted by molar-refractivity contribution is 5.28. The first kappa shape index (κ1) is 15.9. The molecule has 4 heteroatoms. The normalized spacial score (nSPS) is 23.0. The molecule has 1 N–H and O–H groups in total. The number of benzene rings is 1. The average molecular weight is 306 g/mol. The van der Waals surface area contributed by atoms with E-state index in [9.17, 15) is 9.50 Å². The highest BCUT2D eigenvalue weighted by Crippen LogP contribution is 2.24. The Balaban J connectivity index is 1.51. The van der Waals surface area contributed by atoms with Gasteiger partial charge in [0.05, 0.1) is 6.10 Å². The Morgan fingerprint density at radius 2 is 1.86 bits per heavy atom. The maximum absolute atomic E-state index is 13.2. The van der Waals surface area contributed by atoms with Crippen LogP contribution in [0.3, 0.4) is 0 Å². The lowest BCUT2D eigenvalue weighted by Crippen LogP contribution is -2.44. The van der Waals surface area contributed by atoms with Crippen LogP contribution in [0.1, 0.15) is 42.9 Å². The van der Waals surface area contributed by atoms with E-state index in [-0.39, 0.29) is 5.82 Å². The largest absolute Gasteiger partial charge is 0.387 e. The van der Waals surface area contributed by atoms with Crippen molar-refractivity contribution in [3.8, 4) is 0 Å². The Bertz CT molecular complexity index is 494. The molecule has 2 heterocycles. The third-order valence-corrected chi connectivity index (χ3v) is 5.24. The van der Waals surface area contributed by atoms with Gasteiger partial charge in [0.25, 0.3) is 0 Å². The lowest BCUT2D eigenvalue weighted by atomic mass is 10.00. The van der Waals surface area contributed by atoms with Gasteiger partial charge in [-0.05, 0) is 82.0 Å². The van der Waals surface area contributed by atoms with E-state index in [0.717, 1.165) is 30.3 Å². The minimum absolute atomic E-state index is 0.236. The predicted octanol–water partition coefficient (Wildman–Crippen LogP) is 2.73. The number of aryl methyl sites for hydroxylation is 1. The van der Waals surface area contributed by atoms with Gasteiger partial charge in [-0.1, -0.05) is 6.07 Å². The van der Waals surface area contributed by atoms with Gasteiger partial charge in [-0.15, -0.1) is 0 Å². The van der Waals surface area contributed by atoms with Gasteiger partial charge in [-0.25, -0.2) is 4.39 Å². The van der Waals surface area contributed by atoms with Crippen molar-refractivity contribution in [1.29, 1.82) is 0 Å². The Morgan fingerprint density at radius 3 is 2.50 bits per heavy atom. The zero-order chi connectivity index (χ0) is 15.5. The van der Waals surface area contributed by atoms with Gasteiger partial charge < -0.3 is 14.9 Å². The number of hydrogen-bond acceptors (Lipinski definition) is 3. The van der Waals surface area contributed by atoms with E-state index in [1.54, 1.807) is 6.07 Å². The molecule has 1 aromatic rings. The first-order valence-corrected chi connectivity index (χ1v) is 8.54. The summed E-state index contributed by atoms with van der Waals surface area (Å²) in [6.07, 6.45) is 4.58. The Morgan fingerprint density at radius 1 is 1.18 bits per heavy atom. The molecule has 1 atom stereocenters. The maximum Gasteiger partial charge on any atom is 0.123 e. The number of likely N-dealkylation sites (tertiary alicyclic amines) is 2. The second kappa shape index (κ2) is 7.07. The van der Waals surface area contributed by atoms with Crippen molar-refractivity contribution in [2.75, 3.05) is 32.7 Å². The van der Waals surface area contributed by atoms with E-state index in [1.165, 1.54) is 50.9 Å². The lowest BCUT2D eigenvalue weighted by Gasteiger charge is -2.37. The van der Waals surface area contributed by atoms with Crippen LogP contribution in [0.15, 0.2) is 18.2 Å². The minimum atomic E-state index is -0.524. The van der Waals surface area contributed by atoms with Gasteiger partial charge in [-0.2, -0.15) is 0 Å². The van der Waals surface area contributed by atoms with Gasteiger partial charge in [-0.3, -0.25) is 0 Å². The maximum atomic E-state index is 13.2. The molecule has 122 valence electrons. The molecule has 0 aliphatic carbocycles. The molecule has 2 aliphatic heterocycles. The summed E-state index contributed by atoms with van der Waals surface area (Å²) < 4.78 is 13.2. The molecule has 3 nitrogen and oxygen atoms in total. The van der Waals surface area contributed by atoms with E-state index < -0.39 is 6.10 Å². The Labute approximate surface area is 132 Å². The number of nitrogens with zero attached hydrogens (tertiary/aromatic N) is 2. The second-order valence-corrected chi connectivity index (χ2v) is 6.79. The lowest BCUT2D eigenvalue weighted by molar-refractivity contribution is 0.0736. The molecule has 0 bridgehead atoms. The molecular weight excluding hydrogens is 279 g/mol. The van der Waals surface area contributed by atoms with E-state index in [1.807, 2.05) is 6.92 Å². The molecular formula is C18H27FN2O. The molecule has 1 aromatic carbocycles. The van der Waals surface area contributed by atoms with E-state index in [2.05, 4.69) is 9.80 Å². The fraction of sp³-hybridized carbons (Fsp3) is 0.667. The van der Waals surface area contributed by atoms with Gasteiger partial charge in [0.2, 0.25) is 0 Å². The van der Waals surface area contributed by atoms with Crippen LogP contribution in [-0.4, -0.2) is 53.7 Å². The van der Waals surface area contributed by atoms with Gasteiger partial charge >= 0.3 is 0 Å². The summed E-state index contributed by atoms with van der Waals surface area (Å²) in [5.74, 6) is -0.236. The number of hydrogen-bond donors (Lipinski definition) is 1. The molecule has 0 radical (unpaired) electrons. The van der Waals surface area contributed by atoms with Crippen molar-refractivity contribution in [3.63, 3.8) is 0 Å². The molecule has 1 unspecified atom stereocenters. The molecule has 22 heavy (non-hydrogen) atoms. The quantitative estimate of drug-likeness (QED) is 0.926. The van der Waals surface area contributed by atoms with Crippen LogP contribution >= 0.6 is 0 Å². The first-order valence-electron chi connectivity index (χ1n) is 8.54. The molecule has 3 rings (SSSR count). The summed E-state index contributed by atoms with van der Waals surface area (Å²) >= 11 is 0. The summed E-state index contributed by atoms with van der Waals surface area (Å²) in [4.78, 5) is 4.98. The third kappa shape index (κ3) is 3.67. The second-order valence-electron chi connectivity index (χ2n) is 6.79. The number of aliphatic hydroxyl groups excluding tert-OH is 1. The fourth-order valence-corrected chi connectivity index (χ4v) is 3.93. The SMILES string of the molecule is Cc1cc(F)ccc1C(O)CN1CCC(N2CCCC2)CC1. The summed E-state index contributed by atoms with van der Waals surface area (Å²) in [5.41, 5.74) is 1.68. The Hall–Kier alpha value is -0.970. The summed E-state index contributed by atoms with van der Waals surface area (Å²) in [7, 11) is 0.